The molecule has 4 fully saturated rings. The first-order valence-corrected chi connectivity index (χ1v) is 11.8. The van der Waals surface area contributed by atoms with Crippen LogP contribution in [0, 0.1) is 39.4 Å². The lowest BCUT2D eigenvalue weighted by molar-refractivity contribution is -0.182. The topological polar surface area (TPSA) is 82.0 Å². The molecule has 0 aromatic heterocycles. The quantitative estimate of drug-likeness (QED) is 0.260. The molecular weight excluding hydrogens is 406 g/mol. The van der Waals surface area contributed by atoms with Gasteiger partial charge >= 0.3 is 5.97 Å². The van der Waals surface area contributed by atoms with Gasteiger partial charge in [0.1, 0.15) is 11.9 Å². The van der Waals surface area contributed by atoms with Gasteiger partial charge < -0.3 is 9.57 Å². The van der Waals surface area contributed by atoms with Crippen molar-refractivity contribution in [3.8, 4) is 0 Å². The van der Waals surface area contributed by atoms with Gasteiger partial charge in [0, 0.05) is 19.3 Å². The molecule has 0 heterocycles. The summed E-state index contributed by atoms with van der Waals surface area (Å²) in [7, 11) is 0. The van der Waals surface area contributed by atoms with Gasteiger partial charge in [0.25, 0.3) is 0 Å². The minimum Gasteiger partial charge on any atom is -0.462 e. The molecular formula is C23H34ClNO5. The number of Topliss-reactive ketones (excluding diaryl/α,β-unsaturated/α-hetero) is 1. The minimum absolute atomic E-state index is 0.0176. The van der Waals surface area contributed by atoms with E-state index in [1.54, 1.807) is 6.92 Å². The summed E-state index contributed by atoms with van der Waals surface area (Å²) in [5.74, 6) is 1.33. The smallest absolute Gasteiger partial charge is 0.302 e. The summed E-state index contributed by atoms with van der Waals surface area (Å²) in [4.78, 5) is 39.7. The second-order valence-corrected chi connectivity index (χ2v) is 11.5. The molecule has 9 atom stereocenters. The van der Waals surface area contributed by atoms with Crippen LogP contribution in [0.2, 0.25) is 0 Å². The van der Waals surface area contributed by atoms with Gasteiger partial charge in [0.05, 0.1) is 4.87 Å². The molecule has 3 unspecified atom stereocenters. The summed E-state index contributed by atoms with van der Waals surface area (Å²) in [6.45, 7) is 7.68. The number of hydrogen-bond donors (Lipinski definition) is 0. The summed E-state index contributed by atoms with van der Waals surface area (Å²) in [6, 6.07) is 0. The van der Waals surface area contributed by atoms with Crippen molar-refractivity contribution in [1.29, 1.82) is 0 Å². The molecule has 0 aliphatic heterocycles. The lowest BCUT2D eigenvalue weighted by Crippen LogP contribution is -2.66. The Kier molecular flexibility index (Phi) is 5.48. The number of carbonyl (C=O) groups excluding carboxylic acids is 2. The molecule has 0 bridgehead atoms. The van der Waals surface area contributed by atoms with Gasteiger partial charge in [-0.2, -0.15) is 0 Å². The molecule has 0 saturated heterocycles. The molecule has 0 amide bonds. The summed E-state index contributed by atoms with van der Waals surface area (Å²) >= 11 is 7.35. The van der Waals surface area contributed by atoms with Gasteiger partial charge in [-0.3, -0.25) is 9.59 Å². The maximum absolute atomic E-state index is 12.4. The fraction of sp³-hybridized carbons (Fsp3) is 0.913. The van der Waals surface area contributed by atoms with Crippen LogP contribution < -0.4 is 0 Å². The third kappa shape index (κ3) is 3.03. The Balaban J connectivity index is 1.68. The average Bonchev–Trinajstić information content (AvgIpc) is 3.01. The molecule has 168 valence electrons. The summed E-state index contributed by atoms with van der Waals surface area (Å²) in [6.07, 6.45) is 6.05. The van der Waals surface area contributed by atoms with Crippen LogP contribution in [0.5, 0.6) is 0 Å². The lowest BCUT2D eigenvalue weighted by atomic mass is 9.43. The van der Waals surface area contributed by atoms with E-state index in [-0.39, 0.29) is 28.8 Å². The van der Waals surface area contributed by atoms with Crippen LogP contribution in [-0.2, 0) is 19.2 Å². The molecule has 0 N–H and O–H groups in total. The Morgan fingerprint density at radius 1 is 1.03 bits per heavy atom. The van der Waals surface area contributed by atoms with Crippen LogP contribution in [0.25, 0.3) is 0 Å². The number of carbonyl (C=O) groups is 2. The van der Waals surface area contributed by atoms with Gasteiger partial charge in [0.15, 0.2) is 11.4 Å². The fourth-order valence-electron chi connectivity index (χ4n) is 8.35. The predicted octanol–water partition coefficient (Wildman–Crippen LogP) is 5.20. The Labute approximate surface area is 183 Å². The summed E-state index contributed by atoms with van der Waals surface area (Å²) < 4.78 is 5.51. The molecule has 4 aliphatic carbocycles. The van der Waals surface area contributed by atoms with E-state index in [9.17, 15) is 14.5 Å². The first kappa shape index (κ1) is 22.0. The molecule has 4 aliphatic rings. The number of alkyl halides is 1. The minimum atomic E-state index is -0.799. The van der Waals surface area contributed by atoms with Crippen LogP contribution in [-0.4, -0.2) is 28.8 Å². The zero-order chi connectivity index (χ0) is 21.9. The Morgan fingerprint density at radius 2 is 1.77 bits per heavy atom. The van der Waals surface area contributed by atoms with Crippen LogP contribution in [0.1, 0.15) is 79.1 Å². The Bertz CT molecular complexity index is 745. The van der Waals surface area contributed by atoms with Crippen molar-refractivity contribution >= 4 is 23.4 Å². The predicted molar refractivity (Wildman–Crippen MR) is 113 cm³/mol. The van der Waals surface area contributed by atoms with E-state index in [1.165, 1.54) is 6.92 Å². The monoisotopic (exact) mass is 439 g/mol. The molecule has 0 spiro atoms. The molecule has 6 nitrogen and oxygen atoms in total. The highest BCUT2D eigenvalue weighted by Crippen LogP contribution is 2.70. The van der Waals surface area contributed by atoms with E-state index >= 15 is 0 Å². The first-order chi connectivity index (χ1) is 14.1. The number of ketones is 1. The number of esters is 1. The van der Waals surface area contributed by atoms with Crippen molar-refractivity contribution < 1.29 is 19.2 Å². The molecule has 0 aromatic rings. The SMILES string of the molecule is CC(=O)O[C@H]1CC[C@]2(C)C3CC[C@@]4(C)C(CC[C@@H]4C(C)=O)C3C[C@@H](ON=O)[C@@]2(Cl)C1. The van der Waals surface area contributed by atoms with Crippen LogP contribution in [0.3, 0.4) is 0 Å². The number of rotatable bonds is 4. The summed E-state index contributed by atoms with van der Waals surface area (Å²) in [5, 5.41) is 2.80. The molecule has 30 heavy (non-hydrogen) atoms. The average molecular weight is 440 g/mol. The van der Waals surface area contributed by atoms with E-state index in [0.717, 1.165) is 38.5 Å². The van der Waals surface area contributed by atoms with E-state index < -0.39 is 11.0 Å². The van der Waals surface area contributed by atoms with E-state index in [2.05, 4.69) is 19.2 Å². The Hall–Kier alpha value is -1.17. The second-order valence-electron chi connectivity index (χ2n) is 10.8. The normalized spacial score (nSPS) is 49.9. The fourth-order valence-corrected chi connectivity index (χ4v) is 8.89. The van der Waals surface area contributed by atoms with E-state index in [4.69, 9.17) is 21.2 Å². The lowest BCUT2D eigenvalue weighted by Gasteiger charge is -2.65. The highest BCUT2D eigenvalue weighted by Gasteiger charge is 2.69. The first-order valence-electron chi connectivity index (χ1n) is 11.4. The van der Waals surface area contributed by atoms with Gasteiger partial charge in [0.2, 0.25) is 0 Å². The largest absolute Gasteiger partial charge is 0.462 e. The molecule has 4 rings (SSSR count). The van der Waals surface area contributed by atoms with Gasteiger partial charge in [-0.25, -0.2) is 0 Å². The van der Waals surface area contributed by atoms with Crippen molar-refractivity contribution in [3.05, 3.63) is 4.91 Å². The van der Waals surface area contributed by atoms with Crippen molar-refractivity contribution in [2.24, 2.45) is 39.8 Å². The standard InChI is InChI=1S/C23H34ClNO5/c1-13(26)17-5-6-18-16-11-20(30-25-28)23(24)12-15(29-14(2)27)7-10-22(23,4)19(16)8-9-21(17,18)3/h15-20H,5-12H2,1-4H3/t15-,16?,17+,18?,19?,20+,21+,22+,23-/m0/s1. The van der Waals surface area contributed by atoms with Gasteiger partial charge in [-0.05, 0) is 80.5 Å². The highest BCUT2D eigenvalue weighted by atomic mass is 35.5. The zero-order valence-electron chi connectivity index (χ0n) is 18.5. The van der Waals surface area contributed by atoms with Crippen molar-refractivity contribution in [2.75, 3.05) is 0 Å². The Morgan fingerprint density at radius 3 is 2.40 bits per heavy atom. The highest BCUT2D eigenvalue weighted by molar-refractivity contribution is 6.25. The number of fused-ring (bicyclic) bond motifs is 5. The maximum Gasteiger partial charge on any atom is 0.302 e. The van der Waals surface area contributed by atoms with E-state index in [1.807, 2.05) is 0 Å². The number of nitrogens with zero attached hydrogens (tertiary/aromatic N) is 1. The second kappa shape index (κ2) is 7.46. The van der Waals surface area contributed by atoms with Crippen LogP contribution >= 0.6 is 11.6 Å². The molecule has 0 radical (unpaired) electrons. The van der Waals surface area contributed by atoms with E-state index in [0.29, 0.717) is 36.4 Å². The van der Waals surface area contributed by atoms with Crippen LogP contribution in [0.4, 0.5) is 0 Å². The van der Waals surface area contributed by atoms with Crippen LogP contribution in [0.15, 0.2) is 5.34 Å². The number of halogens is 1. The van der Waals surface area contributed by atoms with Gasteiger partial charge in [-0.1, -0.05) is 13.8 Å². The zero-order valence-corrected chi connectivity index (χ0v) is 19.2. The van der Waals surface area contributed by atoms with Crippen molar-refractivity contribution in [1.82, 2.24) is 0 Å². The molecule has 7 heteroatoms. The summed E-state index contributed by atoms with van der Waals surface area (Å²) in [5.41, 5.74) is -0.219. The van der Waals surface area contributed by atoms with Crippen molar-refractivity contribution in [3.63, 3.8) is 0 Å². The number of hydrogen-bond acceptors (Lipinski definition) is 6. The maximum atomic E-state index is 12.4. The number of ether oxygens (including phenoxy) is 1. The van der Waals surface area contributed by atoms with Crippen molar-refractivity contribution in [2.45, 2.75) is 96.1 Å². The third-order valence-corrected chi connectivity index (χ3v) is 10.5. The molecule has 4 saturated carbocycles. The van der Waals surface area contributed by atoms with Gasteiger partial charge in [-0.15, -0.1) is 16.5 Å². The third-order valence-electron chi connectivity index (χ3n) is 9.71. The molecule has 0 aromatic carbocycles.